The lowest BCUT2D eigenvalue weighted by molar-refractivity contribution is -0.0482. The number of halogens is 1. The fraction of sp³-hybridized carbons (Fsp3) is 0.625. The summed E-state index contributed by atoms with van der Waals surface area (Å²) < 4.78 is 19.3. The van der Waals surface area contributed by atoms with Crippen LogP contribution in [-0.4, -0.2) is 19.3 Å². The third-order valence-electron chi connectivity index (χ3n) is 4.05. The number of nitrogens with one attached hydrogen (secondary N) is 1. The van der Waals surface area contributed by atoms with Crippen molar-refractivity contribution >= 4 is 0 Å². The van der Waals surface area contributed by atoms with E-state index in [0.717, 1.165) is 24.9 Å². The summed E-state index contributed by atoms with van der Waals surface area (Å²) in [5.41, 5.74) is 1.52. The summed E-state index contributed by atoms with van der Waals surface area (Å²) in [6.07, 6.45) is 1.82. The highest BCUT2D eigenvalue weighted by Crippen LogP contribution is 2.35. The van der Waals surface area contributed by atoms with Crippen molar-refractivity contribution in [3.63, 3.8) is 0 Å². The Morgan fingerprint density at radius 1 is 1.26 bits per heavy atom. The van der Waals surface area contributed by atoms with Crippen molar-refractivity contribution in [2.45, 2.75) is 52.2 Å². The first-order valence-corrected chi connectivity index (χ1v) is 7.09. The third kappa shape index (κ3) is 3.34. The molecule has 3 heteroatoms. The van der Waals surface area contributed by atoms with E-state index in [2.05, 4.69) is 26.1 Å². The van der Waals surface area contributed by atoms with Gasteiger partial charge >= 0.3 is 0 Å². The molecule has 0 bridgehead atoms. The molecule has 1 aromatic carbocycles. The van der Waals surface area contributed by atoms with Gasteiger partial charge in [-0.15, -0.1) is 0 Å². The molecule has 108 valence electrons. The Morgan fingerprint density at radius 3 is 2.32 bits per heavy atom. The van der Waals surface area contributed by atoms with Gasteiger partial charge in [0.15, 0.2) is 0 Å². The van der Waals surface area contributed by atoms with Crippen molar-refractivity contribution in [1.82, 2.24) is 5.32 Å². The lowest BCUT2D eigenvalue weighted by atomic mass is 9.83. The molecule has 0 saturated carbocycles. The van der Waals surface area contributed by atoms with E-state index in [1.165, 1.54) is 0 Å². The monoisotopic (exact) mass is 267 g/mol. The molecule has 1 aromatic rings. The first-order chi connectivity index (χ1) is 9.04. The lowest BCUT2D eigenvalue weighted by Crippen LogP contribution is -2.44. The van der Waals surface area contributed by atoms with Gasteiger partial charge in [0, 0.05) is 7.11 Å². The van der Waals surface area contributed by atoms with E-state index in [9.17, 15) is 4.39 Å². The van der Waals surface area contributed by atoms with Gasteiger partial charge in [0.25, 0.3) is 0 Å². The Morgan fingerprint density at radius 2 is 1.89 bits per heavy atom. The zero-order chi connectivity index (χ0) is 14.5. The number of benzene rings is 1. The zero-order valence-corrected chi connectivity index (χ0v) is 12.7. The average Bonchev–Trinajstić information content (AvgIpc) is 2.43. The molecule has 1 rings (SSSR count). The number of hydrogen-bond acceptors (Lipinski definition) is 2. The highest BCUT2D eigenvalue weighted by molar-refractivity contribution is 5.28. The lowest BCUT2D eigenvalue weighted by Gasteiger charge is -2.39. The van der Waals surface area contributed by atoms with E-state index < -0.39 is 0 Å². The average molecular weight is 267 g/mol. The third-order valence-corrected chi connectivity index (χ3v) is 4.05. The summed E-state index contributed by atoms with van der Waals surface area (Å²) >= 11 is 0. The van der Waals surface area contributed by atoms with Crippen molar-refractivity contribution in [3.8, 4) is 0 Å². The first kappa shape index (κ1) is 16.1. The summed E-state index contributed by atoms with van der Waals surface area (Å²) in [5, 5.41) is 3.49. The molecule has 19 heavy (non-hydrogen) atoms. The van der Waals surface area contributed by atoms with E-state index in [4.69, 9.17) is 4.74 Å². The van der Waals surface area contributed by atoms with Crippen LogP contribution in [0.2, 0.25) is 0 Å². The maximum atomic E-state index is 13.4. The van der Waals surface area contributed by atoms with Gasteiger partial charge in [-0.2, -0.15) is 0 Å². The summed E-state index contributed by atoms with van der Waals surface area (Å²) in [7, 11) is 1.76. The van der Waals surface area contributed by atoms with Gasteiger partial charge in [0.1, 0.15) is 5.82 Å². The smallest absolute Gasteiger partial charge is 0.126 e. The van der Waals surface area contributed by atoms with Gasteiger partial charge in [-0.05, 0) is 43.5 Å². The number of aryl methyl sites for hydroxylation is 1. The predicted octanol–water partition coefficient (Wildman–Crippen LogP) is 3.99. The molecule has 0 fully saturated rings. The quantitative estimate of drug-likeness (QED) is 0.806. The van der Waals surface area contributed by atoms with Crippen LogP contribution in [0.4, 0.5) is 4.39 Å². The van der Waals surface area contributed by atoms with Crippen LogP contribution >= 0.6 is 0 Å². The van der Waals surface area contributed by atoms with Crippen molar-refractivity contribution in [2.24, 2.45) is 0 Å². The predicted molar refractivity (Wildman–Crippen MR) is 77.9 cm³/mol. The van der Waals surface area contributed by atoms with Crippen LogP contribution in [0.1, 0.15) is 50.8 Å². The molecule has 2 nitrogen and oxygen atoms in total. The maximum absolute atomic E-state index is 13.4. The summed E-state index contributed by atoms with van der Waals surface area (Å²) in [4.78, 5) is 0. The molecule has 0 aliphatic rings. The fourth-order valence-corrected chi connectivity index (χ4v) is 2.72. The van der Waals surface area contributed by atoms with Gasteiger partial charge < -0.3 is 10.1 Å². The zero-order valence-electron chi connectivity index (χ0n) is 12.7. The standard InChI is InChI=1S/C16H26FNO/c1-6-16(7-2,19-5)15(18-8-3)13-9-10-14(17)12(4)11-13/h9-11,15,18H,6-8H2,1-5H3. The van der Waals surface area contributed by atoms with Crippen LogP contribution in [0, 0.1) is 12.7 Å². The van der Waals surface area contributed by atoms with Gasteiger partial charge in [-0.3, -0.25) is 0 Å². The van der Waals surface area contributed by atoms with E-state index in [-0.39, 0.29) is 17.5 Å². The van der Waals surface area contributed by atoms with Crippen LogP contribution in [0.25, 0.3) is 0 Å². The van der Waals surface area contributed by atoms with Crippen molar-refractivity contribution in [2.75, 3.05) is 13.7 Å². The number of likely N-dealkylation sites (N-methyl/N-ethyl adjacent to an activating group) is 1. The molecule has 0 aliphatic heterocycles. The largest absolute Gasteiger partial charge is 0.376 e. The van der Waals surface area contributed by atoms with Gasteiger partial charge in [-0.25, -0.2) is 4.39 Å². The molecule has 0 aromatic heterocycles. The number of hydrogen-bond donors (Lipinski definition) is 1. The summed E-state index contributed by atoms with van der Waals surface area (Å²) in [6.45, 7) is 9.00. The van der Waals surface area contributed by atoms with E-state index >= 15 is 0 Å². The Balaban J connectivity index is 3.21. The summed E-state index contributed by atoms with van der Waals surface area (Å²) in [5.74, 6) is -0.157. The van der Waals surface area contributed by atoms with Crippen molar-refractivity contribution < 1.29 is 9.13 Å². The Kier molecular flexibility index (Phi) is 5.95. The second-order valence-electron chi connectivity index (χ2n) is 4.98. The van der Waals surface area contributed by atoms with Gasteiger partial charge in [-0.1, -0.05) is 32.9 Å². The van der Waals surface area contributed by atoms with Gasteiger partial charge in [0.2, 0.25) is 0 Å². The van der Waals surface area contributed by atoms with Gasteiger partial charge in [0.05, 0.1) is 11.6 Å². The fourth-order valence-electron chi connectivity index (χ4n) is 2.72. The molecule has 1 N–H and O–H groups in total. The SMILES string of the molecule is CCNC(c1ccc(F)c(C)c1)C(CC)(CC)OC. The molecule has 0 saturated heterocycles. The molecule has 0 spiro atoms. The second-order valence-corrected chi connectivity index (χ2v) is 4.98. The van der Waals surface area contributed by atoms with Crippen LogP contribution < -0.4 is 5.32 Å². The maximum Gasteiger partial charge on any atom is 0.126 e. The first-order valence-electron chi connectivity index (χ1n) is 7.09. The molecular formula is C16H26FNO. The number of ether oxygens (including phenoxy) is 1. The Bertz CT molecular complexity index is 393. The normalized spacial score (nSPS) is 13.6. The molecular weight excluding hydrogens is 241 g/mol. The van der Waals surface area contributed by atoms with Crippen molar-refractivity contribution in [1.29, 1.82) is 0 Å². The number of methoxy groups -OCH3 is 1. The van der Waals surface area contributed by atoms with Crippen LogP contribution in [0.5, 0.6) is 0 Å². The Labute approximate surface area is 116 Å². The number of rotatable bonds is 7. The van der Waals surface area contributed by atoms with E-state index in [1.807, 2.05) is 12.1 Å². The molecule has 0 amide bonds. The minimum Gasteiger partial charge on any atom is -0.376 e. The van der Waals surface area contributed by atoms with E-state index in [0.29, 0.717) is 5.56 Å². The highest BCUT2D eigenvalue weighted by atomic mass is 19.1. The second kappa shape index (κ2) is 7.01. The molecule has 1 unspecified atom stereocenters. The summed E-state index contributed by atoms with van der Waals surface area (Å²) in [6, 6.07) is 5.40. The Hall–Kier alpha value is -0.930. The van der Waals surface area contributed by atoms with E-state index in [1.54, 1.807) is 20.1 Å². The molecule has 0 radical (unpaired) electrons. The van der Waals surface area contributed by atoms with Crippen LogP contribution in [0.15, 0.2) is 18.2 Å². The molecule has 0 aliphatic carbocycles. The molecule has 0 heterocycles. The minimum absolute atomic E-state index is 0.0804. The van der Waals surface area contributed by atoms with Crippen LogP contribution in [-0.2, 0) is 4.74 Å². The molecule has 1 atom stereocenters. The minimum atomic E-state index is -0.250. The topological polar surface area (TPSA) is 21.3 Å². The van der Waals surface area contributed by atoms with Crippen LogP contribution in [0.3, 0.4) is 0 Å². The van der Waals surface area contributed by atoms with Crippen molar-refractivity contribution in [3.05, 3.63) is 35.1 Å². The highest BCUT2D eigenvalue weighted by Gasteiger charge is 2.36.